The Bertz CT molecular complexity index is 1280. The molecule has 0 atom stereocenters. The molecular weight excluding hydrogens is 512 g/mol. The zero-order valence-corrected chi connectivity index (χ0v) is 20.6. The summed E-state index contributed by atoms with van der Waals surface area (Å²) in [7, 11) is -1.95. The minimum Gasteiger partial charge on any atom is -0.478 e. The number of aromatic carboxylic acids is 2. The van der Waals surface area contributed by atoms with Crippen LogP contribution in [0.2, 0.25) is 0 Å². The number of sulfone groups is 1. The Morgan fingerprint density at radius 2 is 1.48 bits per heavy atom. The van der Waals surface area contributed by atoms with Crippen molar-refractivity contribution in [2.75, 3.05) is 13.4 Å². The van der Waals surface area contributed by atoms with Crippen LogP contribution >= 0.6 is 15.9 Å². The number of carbonyl (C=O) groups is 2. The summed E-state index contributed by atoms with van der Waals surface area (Å²) in [5.41, 5.74) is 3.31. The predicted molar refractivity (Wildman–Crippen MR) is 128 cm³/mol. The molecule has 3 aromatic rings. The standard InChI is InChI=1S/C15H14O4S.C9H9BrO3/c1-10-5-3-4-6-12(10)13-8-7-11(15(16)17)9-14(13)20(2,18)19;1-13-5-7-4-6(9(11)12)2-3-8(7)10/h3-9H,1-2H3,(H,16,17);2-4H,5H2,1H3,(H,11,12). The topological polar surface area (TPSA) is 118 Å². The minimum absolute atomic E-state index is 0.0340. The van der Waals surface area contributed by atoms with Crippen LogP contribution in [0.25, 0.3) is 11.1 Å². The minimum atomic E-state index is -3.52. The molecule has 0 saturated carbocycles. The summed E-state index contributed by atoms with van der Waals surface area (Å²) in [5.74, 6) is -2.07. The SMILES string of the molecule is COCc1cc(C(=O)O)ccc1Br.Cc1ccccc1-c1ccc(C(=O)O)cc1S(C)(=O)=O. The molecular formula is C24H23BrO7S. The second-order valence-corrected chi connectivity index (χ2v) is 9.99. The van der Waals surface area contributed by atoms with Crippen LogP contribution in [0, 0.1) is 6.92 Å². The van der Waals surface area contributed by atoms with Crippen LogP contribution in [0.5, 0.6) is 0 Å². The van der Waals surface area contributed by atoms with Crippen LogP contribution < -0.4 is 0 Å². The molecule has 0 aliphatic rings. The van der Waals surface area contributed by atoms with Gasteiger partial charge in [0.25, 0.3) is 0 Å². The third kappa shape index (κ3) is 6.98. The van der Waals surface area contributed by atoms with E-state index >= 15 is 0 Å². The van der Waals surface area contributed by atoms with Crippen LogP contribution in [-0.2, 0) is 21.2 Å². The molecule has 0 saturated heterocycles. The molecule has 3 rings (SSSR count). The number of rotatable bonds is 6. The first-order chi connectivity index (χ1) is 15.5. The number of aryl methyl sites for hydroxylation is 1. The normalized spacial score (nSPS) is 10.8. The second-order valence-electron chi connectivity index (χ2n) is 7.15. The Hall–Kier alpha value is -3.01. The van der Waals surface area contributed by atoms with Gasteiger partial charge in [-0.3, -0.25) is 0 Å². The quantitative estimate of drug-likeness (QED) is 0.453. The zero-order chi connectivity index (χ0) is 24.8. The Balaban J connectivity index is 0.000000257. The van der Waals surface area contributed by atoms with E-state index in [-0.39, 0.29) is 16.0 Å². The fraction of sp³-hybridized carbons (Fsp3) is 0.167. The first-order valence-corrected chi connectivity index (χ1v) is 12.3. The summed E-state index contributed by atoms with van der Waals surface area (Å²) >= 11 is 3.31. The molecule has 0 amide bonds. The van der Waals surface area contributed by atoms with Gasteiger partial charge in [0.15, 0.2) is 9.84 Å². The van der Waals surface area contributed by atoms with E-state index in [1.807, 2.05) is 31.2 Å². The molecule has 33 heavy (non-hydrogen) atoms. The number of halogens is 1. The van der Waals surface area contributed by atoms with Crippen molar-refractivity contribution in [3.05, 3.63) is 87.4 Å². The molecule has 0 spiro atoms. The summed E-state index contributed by atoms with van der Waals surface area (Å²) in [6.45, 7) is 2.29. The van der Waals surface area contributed by atoms with Crippen molar-refractivity contribution in [2.45, 2.75) is 18.4 Å². The zero-order valence-electron chi connectivity index (χ0n) is 18.2. The molecule has 0 bridgehead atoms. The molecule has 174 valence electrons. The summed E-state index contributed by atoms with van der Waals surface area (Å²) in [6.07, 6.45) is 1.08. The molecule has 3 aromatic carbocycles. The highest BCUT2D eigenvalue weighted by atomic mass is 79.9. The number of hydrogen-bond acceptors (Lipinski definition) is 5. The summed E-state index contributed by atoms with van der Waals surface area (Å²) in [4.78, 5) is 21.6. The molecule has 0 fully saturated rings. The number of carboxylic acid groups (broad SMARTS) is 2. The lowest BCUT2D eigenvalue weighted by Crippen LogP contribution is -2.04. The van der Waals surface area contributed by atoms with E-state index < -0.39 is 21.8 Å². The second kappa shape index (κ2) is 11.2. The average molecular weight is 535 g/mol. The third-order valence-electron chi connectivity index (χ3n) is 4.66. The van der Waals surface area contributed by atoms with Gasteiger partial charge in [0.1, 0.15) is 0 Å². The van der Waals surface area contributed by atoms with Gasteiger partial charge in [-0.15, -0.1) is 0 Å². The molecule has 0 radical (unpaired) electrons. The van der Waals surface area contributed by atoms with Gasteiger partial charge in [-0.2, -0.15) is 0 Å². The fourth-order valence-corrected chi connectivity index (χ4v) is 4.31. The van der Waals surface area contributed by atoms with Crippen LogP contribution in [0.15, 0.2) is 70.0 Å². The van der Waals surface area contributed by atoms with Crippen molar-refractivity contribution < 1.29 is 33.0 Å². The van der Waals surface area contributed by atoms with E-state index in [4.69, 9.17) is 14.9 Å². The summed E-state index contributed by atoms with van der Waals surface area (Å²) < 4.78 is 29.6. The first kappa shape index (κ1) is 26.2. The van der Waals surface area contributed by atoms with Gasteiger partial charge in [0, 0.05) is 23.4 Å². The number of benzene rings is 3. The van der Waals surface area contributed by atoms with Crippen molar-refractivity contribution in [2.24, 2.45) is 0 Å². The first-order valence-electron chi connectivity index (χ1n) is 9.59. The maximum Gasteiger partial charge on any atom is 0.335 e. The molecule has 0 aliphatic heterocycles. The number of hydrogen-bond donors (Lipinski definition) is 2. The van der Waals surface area contributed by atoms with Gasteiger partial charge in [0.2, 0.25) is 0 Å². The van der Waals surface area contributed by atoms with E-state index in [2.05, 4.69) is 15.9 Å². The van der Waals surface area contributed by atoms with Crippen LogP contribution in [-0.4, -0.2) is 43.9 Å². The molecule has 7 nitrogen and oxygen atoms in total. The molecule has 0 unspecified atom stereocenters. The smallest absolute Gasteiger partial charge is 0.335 e. The van der Waals surface area contributed by atoms with Crippen molar-refractivity contribution in [1.29, 1.82) is 0 Å². The van der Waals surface area contributed by atoms with E-state index in [0.717, 1.165) is 27.4 Å². The lowest BCUT2D eigenvalue weighted by Gasteiger charge is -2.11. The number of methoxy groups -OCH3 is 1. The van der Waals surface area contributed by atoms with E-state index in [1.54, 1.807) is 31.4 Å². The fourth-order valence-electron chi connectivity index (χ4n) is 3.03. The van der Waals surface area contributed by atoms with Gasteiger partial charge in [-0.25, -0.2) is 18.0 Å². The van der Waals surface area contributed by atoms with Gasteiger partial charge < -0.3 is 14.9 Å². The van der Waals surface area contributed by atoms with Gasteiger partial charge in [-0.05, 0) is 53.9 Å². The highest BCUT2D eigenvalue weighted by Crippen LogP contribution is 2.30. The van der Waals surface area contributed by atoms with Crippen molar-refractivity contribution in [1.82, 2.24) is 0 Å². The lowest BCUT2D eigenvalue weighted by molar-refractivity contribution is 0.0685. The van der Waals surface area contributed by atoms with Gasteiger partial charge >= 0.3 is 11.9 Å². The largest absolute Gasteiger partial charge is 0.478 e. The van der Waals surface area contributed by atoms with E-state index in [1.165, 1.54) is 12.1 Å². The van der Waals surface area contributed by atoms with Gasteiger partial charge in [0.05, 0.1) is 22.6 Å². The summed E-state index contributed by atoms with van der Waals surface area (Å²) in [6, 6.07) is 16.4. The van der Waals surface area contributed by atoms with Crippen LogP contribution in [0.3, 0.4) is 0 Å². The molecule has 9 heteroatoms. The number of ether oxygens (including phenoxy) is 1. The lowest BCUT2D eigenvalue weighted by atomic mass is 9.99. The van der Waals surface area contributed by atoms with E-state index in [0.29, 0.717) is 12.2 Å². The van der Waals surface area contributed by atoms with Crippen LogP contribution in [0.4, 0.5) is 0 Å². The molecule has 2 N–H and O–H groups in total. The average Bonchev–Trinajstić information content (AvgIpc) is 2.75. The Morgan fingerprint density at radius 1 is 0.909 bits per heavy atom. The highest BCUT2D eigenvalue weighted by molar-refractivity contribution is 9.10. The monoisotopic (exact) mass is 534 g/mol. The van der Waals surface area contributed by atoms with Crippen molar-refractivity contribution in [3.8, 4) is 11.1 Å². The number of carboxylic acids is 2. The maximum absolute atomic E-state index is 11.9. The third-order valence-corrected chi connectivity index (χ3v) is 6.57. The highest BCUT2D eigenvalue weighted by Gasteiger charge is 2.18. The Kier molecular flexibility index (Phi) is 8.92. The van der Waals surface area contributed by atoms with E-state index in [9.17, 15) is 18.0 Å². The molecule has 0 aliphatic carbocycles. The summed E-state index contributed by atoms with van der Waals surface area (Å²) in [5, 5.41) is 17.7. The Morgan fingerprint density at radius 3 is 2.03 bits per heavy atom. The Labute approximate surface area is 200 Å². The van der Waals surface area contributed by atoms with Crippen molar-refractivity contribution >= 4 is 37.7 Å². The van der Waals surface area contributed by atoms with Gasteiger partial charge in [-0.1, -0.05) is 46.3 Å². The maximum atomic E-state index is 11.9. The van der Waals surface area contributed by atoms with Crippen LogP contribution in [0.1, 0.15) is 31.8 Å². The predicted octanol–water partition coefficient (Wildman–Crippen LogP) is 5.06. The molecule has 0 heterocycles. The van der Waals surface area contributed by atoms with Crippen molar-refractivity contribution in [3.63, 3.8) is 0 Å². The molecule has 0 aromatic heterocycles.